The van der Waals surface area contributed by atoms with Crippen LogP contribution in [0.2, 0.25) is 10.2 Å². The lowest BCUT2D eigenvalue weighted by molar-refractivity contribution is 0.135. The van der Waals surface area contributed by atoms with Crippen molar-refractivity contribution in [2.45, 2.75) is 24.8 Å². The van der Waals surface area contributed by atoms with Gasteiger partial charge in [-0.25, -0.2) is 13.4 Å². The first kappa shape index (κ1) is 16.0. The van der Waals surface area contributed by atoms with Crippen molar-refractivity contribution in [1.82, 2.24) is 14.2 Å². The fourth-order valence-corrected chi connectivity index (χ4v) is 4.16. The molecule has 0 spiro atoms. The highest BCUT2D eigenvalue weighted by Crippen LogP contribution is 2.25. The average molecular weight is 338 g/mol. The smallest absolute Gasteiger partial charge is 0.244 e. The zero-order chi connectivity index (χ0) is 14.9. The summed E-state index contributed by atoms with van der Waals surface area (Å²) in [5, 5.41) is 0.253. The van der Waals surface area contributed by atoms with Gasteiger partial charge in [-0.15, -0.1) is 0 Å². The summed E-state index contributed by atoms with van der Waals surface area (Å²) < 4.78 is 26.6. The van der Waals surface area contributed by atoms with E-state index in [1.165, 1.54) is 16.6 Å². The van der Waals surface area contributed by atoms with Crippen molar-refractivity contribution < 1.29 is 8.42 Å². The zero-order valence-corrected chi connectivity index (χ0v) is 13.7. The molecule has 0 aliphatic carbocycles. The monoisotopic (exact) mass is 337 g/mol. The number of hydrogen-bond acceptors (Lipinski definition) is 4. The van der Waals surface area contributed by atoms with E-state index in [1.54, 1.807) is 0 Å². The Hall–Kier alpha value is -0.400. The predicted octanol–water partition coefficient (Wildman–Crippen LogP) is 2.10. The summed E-state index contributed by atoms with van der Waals surface area (Å²) in [6.45, 7) is 6.69. The van der Waals surface area contributed by atoms with E-state index in [0.29, 0.717) is 13.1 Å². The molecule has 2 heterocycles. The molecule has 1 aliphatic heterocycles. The maximum absolute atomic E-state index is 12.6. The summed E-state index contributed by atoms with van der Waals surface area (Å²) in [4.78, 5) is 6.14. The molecule has 1 fully saturated rings. The second-order valence-corrected chi connectivity index (χ2v) is 7.49. The van der Waals surface area contributed by atoms with Crippen molar-refractivity contribution in [3.63, 3.8) is 0 Å². The molecule has 0 aromatic carbocycles. The third-order valence-corrected chi connectivity index (χ3v) is 6.06. The van der Waals surface area contributed by atoms with Gasteiger partial charge in [0.05, 0.1) is 5.02 Å². The van der Waals surface area contributed by atoms with Gasteiger partial charge < -0.3 is 0 Å². The molecule has 0 radical (unpaired) electrons. The SMILES string of the molecule is CCN1CCN(S(=O)(=O)c2cnc(Cl)c(Cl)c2)CC1C. The number of likely N-dealkylation sites (N-methyl/N-ethyl adjacent to an activating group) is 1. The van der Waals surface area contributed by atoms with Gasteiger partial charge in [0.1, 0.15) is 10.0 Å². The summed E-state index contributed by atoms with van der Waals surface area (Å²) in [5.74, 6) is 0. The topological polar surface area (TPSA) is 53.5 Å². The zero-order valence-electron chi connectivity index (χ0n) is 11.4. The van der Waals surface area contributed by atoms with E-state index in [1.807, 2.05) is 6.92 Å². The van der Waals surface area contributed by atoms with E-state index < -0.39 is 10.0 Å². The molecular formula is C12H17Cl2N3O2S. The van der Waals surface area contributed by atoms with Gasteiger partial charge in [-0.05, 0) is 19.5 Å². The first-order valence-corrected chi connectivity index (χ1v) is 8.61. The Labute approximate surface area is 129 Å². The molecular weight excluding hydrogens is 321 g/mol. The van der Waals surface area contributed by atoms with Gasteiger partial charge in [-0.1, -0.05) is 30.1 Å². The molecule has 20 heavy (non-hydrogen) atoms. The first-order valence-electron chi connectivity index (χ1n) is 6.41. The summed E-state index contributed by atoms with van der Waals surface area (Å²) in [5.41, 5.74) is 0. The molecule has 112 valence electrons. The molecule has 0 amide bonds. The van der Waals surface area contributed by atoms with Crippen LogP contribution in [0, 0.1) is 0 Å². The van der Waals surface area contributed by atoms with E-state index in [4.69, 9.17) is 23.2 Å². The number of nitrogens with zero attached hydrogens (tertiary/aromatic N) is 3. The Balaban J connectivity index is 2.25. The number of piperazine rings is 1. The maximum atomic E-state index is 12.6. The molecule has 5 nitrogen and oxygen atoms in total. The van der Waals surface area contributed by atoms with Crippen molar-refractivity contribution >= 4 is 33.2 Å². The van der Waals surface area contributed by atoms with Crippen LogP contribution in [0.4, 0.5) is 0 Å². The molecule has 1 unspecified atom stereocenters. The fraction of sp³-hybridized carbons (Fsp3) is 0.583. The molecule has 0 N–H and O–H groups in total. The number of aromatic nitrogens is 1. The van der Waals surface area contributed by atoms with Gasteiger partial charge in [-0.2, -0.15) is 4.31 Å². The van der Waals surface area contributed by atoms with Crippen LogP contribution in [0.25, 0.3) is 0 Å². The number of hydrogen-bond donors (Lipinski definition) is 0. The molecule has 1 aliphatic rings. The minimum Gasteiger partial charge on any atom is -0.298 e. The van der Waals surface area contributed by atoms with Gasteiger partial charge in [-0.3, -0.25) is 4.90 Å². The van der Waals surface area contributed by atoms with Crippen molar-refractivity contribution in [3.05, 3.63) is 22.4 Å². The Kier molecular flexibility index (Phi) is 4.92. The van der Waals surface area contributed by atoms with Crippen LogP contribution < -0.4 is 0 Å². The lowest BCUT2D eigenvalue weighted by atomic mass is 10.2. The minimum atomic E-state index is -3.56. The molecule has 1 saturated heterocycles. The minimum absolute atomic E-state index is 0.0871. The highest BCUT2D eigenvalue weighted by Gasteiger charge is 2.32. The third kappa shape index (κ3) is 3.09. The average Bonchev–Trinajstić information content (AvgIpc) is 2.41. The van der Waals surface area contributed by atoms with Crippen LogP contribution in [-0.4, -0.2) is 54.8 Å². The summed E-state index contributed by atoms with van der Waals surface area (Å²) in [6, 6.07) is 1.54. The molecule has 8 heteroatoms. The van der Waals surface area contributed by atoms with Gasteiger partial charge >= 0.3 is 0 Å². The lowest BCUT2D eigenvalue weighted by Crippen LogP contribution is -2.53. The first-order chi connectivity index (χ1) is 9.36. The van der Waals surface area contributed by atoms with Gasteiger partial charge in [0.25, 0.3) is 0 Å². The van der Waals surface area contributed by atoms with E-state index in [2.05, 4.69) is 16.8 Å². The van der Waals surface area contributed by atoms with E-state index in [0.717, 1.165) is 13.1 Å². The lowest BCUT2D eigenvalue weighted by Gasteiger charge is -2.38. The van der Waals surface area contributed by atoms with Crippen molar-refractivity contribution in [3.8, 4) is 0 Å². The van der Waals surface area contributed by atoms with Gasteiger partial charge in [0.2, 0.25) is 10.0 Å². The van der Waals surface area contributed by atoms with Gasteiger partial charge in [0.15, 0.2) is 0 Å². The number of halogens is 2. The fourth-order valence-electron chi connectivity index (χ4n) is 2.34. The number of sulfonamides is 1. The summed E-state index contributed by atoms with van der Waals surface area (Å²) >= 11 is 11.6. The molecule has 1 atom stereocenters. The van der Waals surface area contributed by atoms with Crippen molar-refractivity contribution in [1.29, 1.82) is 0 Å². The highest BCUT2D eigenvalue weighted by atomic mass is 35.5. The standard InChI is InChI=1S/C12H17Cl2N3O2S/c1-3-16-4-5-17(8-9(16)2)20(18,19)10-6-11(13)12(14)15-7-10/h6-7,9H,3-5,8H2,1-2H3. The van der Waals surface area contributed by atoms with Crippen LogP contribution >= 0.6 is 23.2 Å². The Morgan fingerprint density at radius 1 is 1.40 bits per heavy atom. The summed E-state index contributed by atoms with van der Waals surface area (Å²) in [6.07, 6.45) is 1.25. The molecule has 0 saturated carbocycles. The largest absolute Gasteiger partial charge is 0.298 e. The van der Waals surface area contributed by atoms with Crippen LogP contribution in [0.5, 0.6) is 0 Å². The van der Waals surface area contributed by atoms with Crippen molar-refractivity contribution in [2.24, 2.45) is 0 Å². The molecule has 2 rings (SSSR count). The quantitative estimate of drug-likeness (QED) is 0.792. The Bertz CT molecular complexity index is 594. The number of rotatable bonds is 3. The van der Waals surface area contributed by atoms with Crippen molar-refractivity contribution in [2.75, 3.05) is 26.2 Å². The highest BCUT2D eigenvalue weighted by molar-refractivity contribution is 7.89. The second-order valence-electron chi connectivity index (χ2n) is 4.78. The summed E-state index contributed by atoms with van der Waals surface area (Å²) in [7, 11) is -3.56. The van der Waals surface area contributed by atoms with Crippen LogP contribution in [0.15, 0.2) is 17.2 Å². The van der Waals surface area contributed by atoms with E-state index in [9.17, 15) is 8.42 Å². The second kappa shape index (κ2) is 6.15. The normalized spacial score (nSPS) is 22.1. The van der Waals surface area contributed by atoms with E-state index in [-0.39, 0.29) is 21.1 Å². The maximum Gasteiger partial charge on any atom is 0.244 e. The Morgan fingerprint density at radius 3 is 2.65 bits per heavy atom. The van der Waals surface area contributed by atoms with E-state index >= 15 is 0 Å². The molecule has 1 aromatic heterocycles. The van der Waals surface area contributed by atoms with Crippen LogP contribution in [0.1, 0.15) is 13.8 Å². The molecule has 0 bridgehead atoms. The molecule has 1 aromatic rings. The number of pyridine rings is 1. The van der Waals surface area contributed by atoms with Gasteiger partial charge in [0, 0.05) is 31.9 Å². The predicted molar refractivity (Wildman–Crippen MR) is 79.7 cm³/mol. The van der Waals surface area contributed by atoms with Crippen LogP contribution in [0.3, 0.4) is 0 Å². The van der Waals surface area contributed by atoms with Crippen LogP contribution in [-0.2, 0) is 10.0 Å². The Morgan fingerprint density at radius 2 is 2.10 bits per heavy atom. The third-order valence-electron chi connectivity index (χ3n) is 3.54.